The van der Waals surface area contributed by atoms with Crippen LogP contribution in [0.3, 0.4) is 0 Å². The molecule has 1 spiro atoms. The van der Waals surface area contributed by atoms with Gasteiger partial charge in [-0.25, -0.2) is 0 Å². The third kappa shape index (κ3) is 2.99. The Hall–Kier alpha value is -1.88. The number of fused-ring (bicyclic) bond motifs is 6. The molecule has 164 valence electrons. The molecule has 4 aliphatic rings. The second-order valence-corrected chi connectivity index (χ2v) is 10.1. The highest BCUT2D eigenvalue weighted by atomic mass is 16.7. The van der Waals surface area contributed by atoms with E-state index in [0.717, 1.165) is 37.4 Å². The predicted octanol–water partition coefficient (Wildman–Crippen LogP) is 5.36. The molecule has 4 nitrogen and oxygen atoms in total. The van der Waals surface area contributed by atoms with Crippen LogP contribution in [0.15, 0.2) is 48.5 Å². The summed E-state index contributed by atoms with van der Waals surface area (Å²) in [6.45, 7) is 3.93. The molecule has 3 fully saturated rings. The maximum absolute atomic E-state index is 10.5. The number of ether oxygens (including phenoxy) is 3. The summed E-state index contributed by atoms with van der Waals surface area (Å²) in [6.07, 6.45) is 6.00. The zero-order chi connectivity index (χ0) is 21.1. The summed E-state index contributed by atoms with van der Waals surface area (Å²) in [4.78, 5) is 0. The molecule has 1 saturated heterocycles. The maximum atomic E-state index is 10.5. The molecular formula is C27H32O4. The first-order valence-corrected chi connectivity index (χ1v) is 11.9. The molecule has 4 heteroatoms. The van der Waals surface area contributed by atoms with Gasteiger partial charge in [0, 0.05) is 17.4 Å². The zero-order valence-electron chi connectivity index (χ0n) is 18.3. The van der Waals surface area contributed by atoms with Gasteiger partial charge < -0.3 is 19.3 Å². The van der Waals surface area contributed by atoms with Crippen LogP contribution in [-0.4, -0.2) is 24.1 Å². The summed E-state index contributed by atoms with van der Waals surface area (Å²) in [5.41, 5.74) is 3.81. The number of aliphatic hydroxyl groups is 1. The second kappa shape index (κ2) is 7.33. The Bertz CT molecular complexity index is 951. The van der Waals surface area contributed by atoms with E-state index in [1.807, 2.05) is 36.4 Å². The van der Waals surface area contributed by atoms with Crippen LogP contribution in [0.2, 0.25) is 0 Å². The molecule has 6 rings (SSSR count). The highest BCUT2D eigenvalue weighted by Crippen LogP contribution is 2.66. The van der Waals surface area contributed by atoms with Gasteiger partial charge >= 0.3 is 0 Å². The van der Waals surface area contributed by atoms with Gasteiger partial charge in [0.25, 0.3) is 0 Å². The van der Waals surface area contributed by atoms with Crippen molar-refractivity contribution in [2.75, 3.05) is 13.2 Å². The molecule has 3 aliphatic carbocycles. The Labute approximate surface area is 184 Å². The third-order valence-corrected chi connectivity index (χ3v) is 8.83. The molecule has 0 bridgehead atoms. The quantitative estimate of drug-likeness (QED) is 0.680. The van der Waals surface area contributed by atoms with Crippen molar-refractivity contribution >= 4 is 0 Å². The molecule has 1 heterocycles. The monoisotopic (exact) mass is 420 g/mol. The molecule has 2 aromatic carbocycles. The summed E-state index contributed by atoms with van der Waals surface area (Å²) >= 11 is 0. The van der Waals surface area contributed by atoms with E-state index >= 15 is 0 Å². The van der Waals surface area contributed by atoms with Crippen molar-refractivity contribution in [2.24, 2.45) is 17.3 Å². The summed E-state index contributed by atoms with van der Waals surface area (Å²) in [5, 5.41) is 10.5. The molecule has 1 N–H and O–H groups in total. The molecule has 31 heavy (non-hydrogen) atoms. The smallest absolute Gasteiger partial charge is 0.224 e. The molecule has 0 amide bonds. The van der Waals surface area contributed by atoms with E-state index in [1.165, 1.54) is 36.8 Å². The lowest BCUT2D eigenvalue weighted by Gasteiger charge is -2.52. The van der Waals surface area contributed by atoms with Gasteiger partial charge in [0.1, 0.15) is 5.75 Å². The first kappa shape index (κ1) is 19.8. The van der Waals surface area contributed by atoms with Gasteiger partial charge in [0.15, 0.2) is 5.79 Å². The third-order valence-electron chi connectivity index (χ3n) is 8.83. The largest absolute Gasteiger partial charge is 0.461 e. The normalized spacial score (nSPS) is 34.1. The fraction of sp³-hybridized carbons (Fsp3) is 0.556. The van der Waals surface area contributed by atoms with E-state index in [4.69, 9.17) is 14.2 Å². The minimum atomic E-state index is -0.938. The van der Waals surface area contributed by atoms with Crippen LogP contribution in [0.25, 0.3) is 0 Å². The molecule has 0 aromatic heterocycles. The Kier molecular flexibility index (Phi) is 4.68. The van der Waals surface area contributed by atoms with E-state index < -0.39 is 6.29 Å². The van der Waals surface area contributed by atoms with Crippen molar-refractivity contribution in [3.8, 4) is 5.75 Å². The molecule has 1 unspecified atom stereocenters. The number of rotatable bonds is 3. The highest BCUT2D eigenvalue weighted by Gasteiger charge is 2.64. The average Bonchev–Trinajstić information content (AvgIpc) is 3.40. The molecule has 0 radical (unpaired) electrons. The van der Waals surface area contributed by atoms with Gasteiger partial charge in [0.2, 0.25) is 6.29 Å². The number of hydrogen-bond acceptors (Lipinski definition) is 4. The number of aliphatic hydroxyl groups excluding tert-OH is 1. The highest BCUT2D eigenvalue weighted by molar-refractivity contribution is 5.41. The van der Waals surface area contributed by atoms with Crippen LogP contribution >= 0.6 is 0 Å². The zero-order valence-corrected chi connectivity index (χ0v) is 18.3. The van der Waals surface area contributed by atoms with E-state index in [2.05, 4.69) is 19.1 Å². The van der Waals surface area contributed by atoms with Crippen LogP contribution < -0.4 is 4.74 Å². The Balaban J connectivity index is 1.23. The van der Waals surface area contributed by atoms with E-state index in [-0.39, 0.29) is 11.2 Å². The number of benzene rings is 2. The fourth-order valence-corrected chi connectivity index (χ4v) is 7.33. The van der Waals surface area contributed by atoms with Crippen molar-refractivity contribution < 1.29 is 19.3 Å². The Morgan fingerprint density at radius 2 is 1.81 bits per heavy atom. The number of aryl methyl sites for hydroxylation is 1. The van der Waals surface area contributed by atoms with Crippen molar-refractivity contribution in [3.63, 3.8) is 0 Å². The summed E-state index contributed by atoms with van der Waals surface area (Å²) in [5.74, 6) is 2.43. The second-order valence-electron chi connectivity index (χ2n) is 10.1. The van der Waals surface area contributed by atoms with Gasteiger partial charge in [-0.2, -0.15) is 0 Å². The first-order valence-electron chi connectivity index (χ1n) is 11.9. The van der Waals surface area contributed by atoms with Crippen molar-refractivity contribution in [2.45, 2.75) is 63.4 Å². The lowest BCUT2D eigenvalue weighted by Crippen LogP contribution is -2.51. The van der Waals surface area contributed by atoms with Crippen molar-refractivity contribution in [1.29, 1.82) is 0 Å². The van der Waals surface area contributed by atoms with Crippen LogP contribution in [0, 0.1) is 17.3 Å². The van der Waals surface area contributed by atoms with Gasteiger partial charge in [-0.3, -0.25) is 0 Å². The minimum absolute atomic E-state index is 0.144. The molecular weight excluding hydrogens is 388 g/mol. The standard InChI is InChI=1S/C27H32O4/c1-26-13-11-22-21-10-8-20(31-25(28)18-5-3-2-4-6-18)17-19(21)7-9-23(22)24(26)12-14-27(26)29-15-16-30-27/h2-6,8,10,17,22-25,28H,7,9,11-16H2,1H3/t22-,23-,24+,25?,26+/m1/s1. The first-order chi connectivity index (χ1) is 15.1. The van der Waals surface area contributed by atoms with Crippen molar-refractivity contribution in [1.82, 2.24) is 0 Å². The topological polar surface area (TPSA) is 47.9 Å². The Morgan fingerprint density at radius 1 is 1.00 bits per heavy atom. The van der Waals surface area contributed by atoms with Crippen LogP contribution in [-0.2, 0) is 15.9 Å². The van der Waals surface area contributed by atoms with E-state index in [0.29, 0.717) is 17.8 Å². The summed E-state index contributed by atoms with van der Waals surface area (Å²) in [7, 11) is 0. The van der Waals surface area contributed by atoms with Gasteiger partial charge in [-0.1, -0.05) is 43.3 Å². The Morgan fingerprint density at radius 3 is 2.61 bits per heavy atom. The summed E-state index contributed by atoms with van der Waals surface area (Å²) in [6, 6.07) is 16.0. The molecule has 2 aromatic rings. The molecule has 1 aliphatic heterocycles. The maximum Gasteiger partial charge on any atom is 0.224 e. The molecule has 5 atom stereocenters. The van der Waals surface area contributed by atoms with Gasteiger partial charge in [-0.15, -0.1) is 0 Å². The van der Waals surface area contributed by atoms with Crippen LogP contribution in [0.4, 0.5) is 0 Å². The average molecular weight is 421 g/mol. The van der Waals surface area contributed by atoms with Gasteiger partial charge in [-0.05, 0) is 73.1 Å². The minimum Gasteiger partial charge on any atom is -0.461 e. The van der Waals surface area contributed by atoms with Crippen LogP contribution in [0.1, 0.15) is 67.9 Å². The fourth-order valence-electron chi connectivity index (χ4n) is 7.33. The van der Waals surface area contributed by atoms with Crippen molar-refractivity contribution in [3.05, 3.63) is 65.2 Å². The summed E-state index contributed by atoms with van der Waals surface area (Å²) < 4.78 is 18.4. The van der Waals surface area contributed by atoms with E-state index in [1.54, 1.807) is 0 Å². The lowest BCUT2D eigenvalue weighted by molar-refractivity contribution is -0.237. The van der Waals surface area contributed by atoms with Crippen LogP contribution in [0.5, 0.6) is 5.75 Å². The van der Waals surface area contributed by atoms with E-state index in [9.17, 15) is 5.11 Å². The number of hydrogen-bond donors (Lipinski definition) is 1. The lowest BCUT2D eigenvalue weighted by atomic mass is 9.55. The SMILES string of the molecule is C[C@]12CC[C@@H]3c4ccc(OC(O)c5ccccc5)cc4CC[C@H]3[C@@H]1CCC21OCCO1. The predicted molar refractivity (Wildman–Crippen MR) is 118 cm³/mol. The molecule has 2 saturated carbocycles. The van der Waals surface area contributed by atoms with Gasteiger partial charge in [0.05, 0.1) is 13.2 Å².